The zero-order chi connectivity index (χ0) is 26.3. The van der Waals surface area contributed by atoms with Crippen LogP contribution in [0.5, 0.6) is 0 Å². The summed E-state index contributed by atoms with van der Waals surface area (Å²) in [5, 5.41) is 3.15. The highest BCUT2D eigenvalue weighted by Crippen LogP contribution is 2.48. The van der Waals surface area contributed by atoms with E-state index in [1.807, 2.05) is 98.0 Å². The number of fused-ring (bicyclic) bond motifs is 1. The summed E-state index contributed by atoms with van der Waals surface area (Å²) in [6, 6.07) is 40.6. The Morgan fingerprint density at radius 2 is 1.26 bits per heavy atom. The summed E-state index contributed by atoms with van der Waals surface area (Å²) >= 11 is 0. The van der Waals surface area contributed by atoms with Gasteiger partial charge in [-0.3, -0.25) is 0 Å². The highest BCUT2D eigenvalue weighted by molar-refractivity contribution is 7.85. The Morgan fingerprint density at radius 1 is 0.684 bits per heavy atom. The highest BCUT2D eigenvalue weighted by atomic mass is 31.2. The van der Waals surface area contributed by atoms with Gasteiger partial charge in [0.05, 0.1) is 5.69 Å². The fourth-order valence-electron chi connectivity index (χ4n) is 5.40. The molecule has 0 bridgehead atoms. The minimum atomic E-state index is -3.26. The first-order chi connectivity index (χ1) is 18.5. The van der Waals surface area contributed by atoms with Gasteiger partial charge in [-0.1, -0.05) is 115 Å². The molecule has 0 amide bonds. The Kier molecular flexibility index (Phi) is 6.10. The van der Waals surface area contributed by atoms with Crippen molar-refractivity contribution in [3.63, 3.8) is 0 Å². The van der Waals surface area contributed by atoms with Gasteiger partial charge in [0.15, 0.2) is 7.14 Å². The molecule has 0 saturated carbocycles. The lowest BCUT2D eigenvalue weighted by molar-refractivity contribution is 0.592. The van der Waals surface area contributed by atoms with Gasteiger partial charge in [-0.25, -0.2) is 4.39 Å². The fourth-order valence-corrected chi connectivity index (χ4v) is 8.25. The fraction of sp³-hybridized carbons (Fsp3) is 0.0588. The standard InChI is InChI=1S/C34H27FNOP/c1-24-17-19-25(20-18-24)33-30-23-26(35)21-22-31(30)36(2)34(33)29-15-9-10-16-32(29)38(37,27-11-5-3-6-12-27)28-13-7-4-8-14-28/h3-23H,1-2H3. The molecular weight excluding hydrogens is 488 g/mol. The molecule has 0 N–H and O–H groups in total. The van der Waals surface area contributed by atoms with E-state index in [1.54, 1.807) is 6.07 Å². The van der Waals surface area contributed by atoms with Crippen molar-refractivity contribution in [3.8, 4) is 22.4 Å². The lowest BCUT2D eigenvalue weighted by atomic mass is 9.97. The second-order valence-corrected chi connectivity index (χ2v) is 12.3. The van der Waals surface area contributed by atoms with Crippen LogP contribution in [0.4, 0.5) is 4.39 Å². The average molecular weight is 516 g/mol. The van der Waals surface area contributed by atoms with Gasteiger partial charge in [-0.05, 0) is 30.7 Å². The molecule has 0 spiro atoms. The van der Waals surface area contributed by atoms with Gasteiger partial charge in [-0.2, -0.15) is 0 Å². The summed E-state index contributed by atoms with van der Waals surface area (Å²) in [6.45, 7) is 2.05. The van der Waals surface area contributed by atoms with Crippen molar-refractivity contribution in [3.05, 3.63) is 139 Å². The molecule has 0 aliphatic carbocycles. The Labute approximate surface area is 222 Å². The van der Waals surface area contributed by atoms with Gasteiger partial charge >= 0.3 is 0 Å². The molecular formula is C34H27FNOP. The lowest BCUT2D eigenvalue weighted by Gasteiger charge is -2.23. The molecule has 4 heteroatoms. The quantitative estimate of drug-likeness (QED) is 0.217. The van der Waals surface area contributed by atoms with E-state index in [-0.39, 0.29) is 5.82 Å². The molecule has 1 heterocycles. The Morgan fingerprint density at radius 3 is 1.89 bits per heavy atom. The third-order valence-electron chi connectivity index (χ3n) is 7.24. The monoisotopic (exact) mass is 515 g/mol. The van der Waals surface area contributed by atoms with Crippen LogP contribution in [0.2, 0.25) is 0 Å². The number of hydrogen-bond donors (Lipinski definition) is 0. The van der Waals surface area contributed by atoms with Crippen molar-refractivity contribution >= 4 is 34.0 Å². The first-order valence-corrected chi connectivity index (χ1v) is 14.4. The van der Waals surface area contributed by atoms with Crippen molar-refractivity contribution in [1.82, 2.24) is 4.57 Å². The maximum Gasteiger partial charge on any atom is 0.171 e. The third-order valence-corrected chi connectivity index (χ3v) is 10.4. The number of rotatable bonds is 5. The first kappa shape index (κ1) is 24.2. The zero-order valence-electron chi connectivity index (χ0n) is 21.3. The topological polar surface area (TPSA) is 22.0 Å². The van der Waals surface area contributed by atoms with E-state index in [4.69, 9.17) is 0 Å². The molecule has 0 radical (unpaired) electrons. The van der Waals surface area contributed by atoms with Crippen LogP contribution in [0.1, 0.15) is 5.56 Å². The van der Waals surface area contributed by atoms with Gasteiger partial charge in [-0.15, -0.1) is 0 Å². The molecule has 2 nitrogen and oxygen atoms in total. The summed E-state index contributed by atoms with van der Waals surface area (Å²) in [7, 11) is -1.26. The SMILES string of the molecule is Cc1ccc(-c2c(-c3ccccc3P(=O)(c3ccccc3)c3ccccc3)n(C)c3ccc(F)cc23)cc1. The van der Waals surface area contributed by atoms with Gasteiger partial charge in [0.1, 0.15) is 5.82 Å². The highest BCUT2D eigenvalue weighted by Gasteiger charge is 2.33. The largest absolute Gasteiger partial charge is 0.343 e. The van der Waals surface area contributed by atoms with Crippen molar-refractivity contribution in [2.75, 3.05) is 0 Å². The second-order valence-electron chi connectivity index (χ2n) is 9.61. The number of benzene rings is 5. The van der Waals surface area contributed by atoms with Crippen LogP contribution in [0.15, 0.2) is 127 Å². The summed E-state index contributed by atoms with van der Waals surface area (Å²) in [6.07, 6.45) is 0. The predicted molar refractivity (Wildman–Crippen MR) is 158 cm³/mol. The van der Waals surface area contributed by atoms with E-state index in [0.29, 0.717) is 0 Å². The molecule has 6 aromatic rings. The van der Waals surface area contributed by atoms with Crippen LogP contribution in [-0.4, -0.2) is 4.57 Å². The van der Waals surface area contributed by atoms with Gasteiger partial charge in [0, 0.05) is 45.0 Å². The second kappa shape index (κ2) is 9.59. The van der Waals surface area contributed by atoms with Crippen LogP contribution in [0.25, 0.3) is 33.3 Å². The number of halogens is 1. The third kappa shape index (κ3) is 3.91. The van der Waals surface area contributed by atoms with Crippen molar-refractivity contribution in [2.24, 2.45) is 7.05 Å². The number of hydrogen-bond acceptors (Lipinski definition) is 1. The van der Waals surface area contributed by atoms with E-state index < -0.39 is 7.14 Å². The smallest absolute Gasteiger partial charge is 0.171 e. The summed E-state index contributed by atoms with van der Waals surface area (Å²) in [4.78, 5) is 0. The zero-order valence-corrected chi connectivity index (χ0v) is 22.2. The predicted octanol–water partition coefficient (Wildman–Crippen LogP) is 7.60. The van der Waals surface area contributed by atoms with Crippen molar-refractivity contribution in [1.29, 1.82) is 0 Å². The minimum Gasteiger partial charge on any atom is -0.343 e. The minimum absolute atomic E-state index is 0.282. The van der Waals surface area contributed by atoms with Crippen LogP contribution < -0.4 is 15.9 Å². The Balaban J connectivity index is 1.73. The van der Waals surface area contributed by atoms with Crippen molar-refractivity contribution < 1.29 is 8.96 Å². The van der Waals surface area contributed by atoms with Crippen LogP contribution in [-0.2, 0) is 11.6 Å². The number of aromatic nitrogens is 1. The Bertz CT molecular complexity index is 1760. The molecule has 0 unspecified atom stereocenters. The molecule has 5 aromatic carbocycles. The van der Waals surface area contributed by atoms with E-state index in [9.17, 15) is 4.39 Å². The maximum absolute atomic E-state index is 15.4. The normalized spacial score (nSPS) is 11.7. The molecule has 1 aromatic heterocycles. The molecule has 0 aliphatic heterocycles. The van der Waals surface area contributed by atoms with E-state index in [0.717, 1.165) is 54.8 Å². The molecule has 6 rings (SSSR count). The van der Waals surface area contributed by atoms with E-state index >= 15 is 4.57 Å². The van der Waals surface area contributed by atoms with E-state index in [2.05, 4.69) is 35.8 Å². The lowest BCUT2D eigenvalue weighted by Crippen LogP contribution is -2.26. The molecule has 0 fully saturated rings. The molecule has 0 aliphatic rings. The van der Waals surface area contributed by atoms with E-state index in [1.165, 1.54) is 6.07 Å². The Hall–Kier alpha value is -4.20. The first-order valence-electron chi connectivity index (χ1n) is 12.6. The number of nitrogens with zero attached hydrogens (tertiary/aromatic N) is 1. The van der Waals surface area contributed by atoms with Gasteiger partial charge in [0.25, 0.3) is 0 Å². The molecule has 38 heavy (non-hydrogen) atoms. The molecule has 0 saturated heterocycles. The summed E-state index contributed by atoms with van der Waals surface area (Å²) in [5.74, 6) is -0.282. The van der Waals surface area contributed by atoms with Gasteiger partial charge < -0.3 is 9.13 Å². The van der Waals surface area contributed by atoms with Crippen molar-refractivity contribution in [2.45, 2.75) is 6.92 Å². The van der Waals surface area contributed by atoms with Crippen LogP contribution in [0, 0.1) is 12.7 Å². The molecule has 186 valence electrons. The maximum atomic E-state index is 15.4. The van der Waals surface area contributed by atoms with Gasteiger partial charge in [0.2, 0.25) is 0 Å². The number of aryl methyl sites for hydroxylation is 2. The summed E-state index contributed by atoms with van der Waals surface area (Å²) < 4.78 is 32.1. The van der Waals surface area contributed by atoms with Crippen LogP contribution >= 0.6 is 7.14 Å². The van der Waals surface area contributed by atoms with Crippen LogP contribution in [0.3, 0.4) is 0 Å². The summed E-state index contributed by atoms with van der Waals surface area (Å²) in [5.41, 5.74) is 5.78. The molecule has 0 atom stereocenters. The average Bonchev–Trinajstić information content (AvgIpc) is 3.25.